The van der Waals surface area contributed by atoms with Crippen molar-refractivity contribution in [3.05, 3.63) is 45.8 Å². The summed E-state index contributed by atoms with van der Waals surface area (Å²) in [5.74, 6) is 5.79. The van der Waals surface area contributed by atoms with E-state index in [1.807, 2.05) is 0 Å². The Hall–Kier alpha value is -2.74. The molecule has 0 radical (unpaired) electrons. The number of aryl methyl sites for hydroxylation is 2. The van der Waals surface area contributed by atoms with Crippen LogP contribution < -0.4 is 16.0 Å². The highest BCUT2D eigenvalue weighted by Crippen LogP contribution is 2.34. The highest BCUT2D eigenvalue weighted by atomic mass is 16.6. The normalized spacial score (nSPS) is 10.2. The Labute approximate surface area is 114 Å². The second kappa shape index (κ2) is 5.49. The van der Waals surface area contributed by atoms with Crippen molar-refractivity contribution in [1.82, 2.24) is 9.97 Å². The lowest BCUT2D eigenvalue weighted by molar-refractivity contribution is -0.385. The Morgan fingerprint density at radius 3 is 2.75 bits per heavy atom. The van der Waals surface area contributed by atoms with Gasteiger partial charge in [0.05, 0.1) is 17.3 Å². The number of nitro benzene ring substituents is 1. The van der Waals surface area contributed by atoms with Gasteiger partial charge in [-0.2, -0.15) is 4.98 Å². The summed E-state index contributed by atoms with van der Waals surface area (Å²) in [6, 6.07) is 3.24. The minimum Gasteiger partial charge on any atom is -0.430 e. The molecule has 1 aromatic heterocycles. The van der Waals surface area contributed by atoms with Gasteiger partial charge in [0, 0.05) is 6.07 Å². The van der Waals surface area contributed by atoms with Crippen molar-refractivity contribution < 1.29 is 9.66 Å². The van der Waals surface area contributed by atoms with Gasteiger partial charge in [0.25, 0.3) is 0 Å². The first-order chi connectivity index (χ1) is 9.51. The fourth-order valence-corrected chi connectivity index (χ4v) is 1.77. The van der Waals surface area contributed by atoms with Crippen LogP contribution in [0.25, 0.3) is 0 Å². The van der Waals surface area contributed by atoms with Gasteiger partial charge in [0.1, 0.15) is 0 Å². The zero-order valence-electron chi connectivity index (χ0n) is 11.0. The Bertz CT molecular complexity index is 660. The van der Waals surface area contributed by atoms with Crippen LogP contribution in [0.3, 0.4) is 0 Å². The van der Waals surface area contributed by atoms with Crippen LogP contribution in [0.5, 0.6) is 11.6 Å². The van der Waals surface area contributed by atoms with E-state index in [1.165, 1.54) is 18.5 Å². The summed E-state index contributed by atoms with van der Waals surface area (Å²) < 4.78 is 5.49. The van der Waals surface area contributed by atoms with Gasteiger partial charge in [-0.3, -0.25) is 15.1 Å². The number of nitrogens with zero attached hydrogens (tertiary/aromatic N) is 3. The molecule has 0 aliphatic rings. The summed E-state index contributed by atoms with van der Waals surface area (Å²) >= 11 is 0. The zero-order chi connectivity index (χ0) is 14.7. The molecule has 2 rings (SSSR count). The van der Waals surface area contributed by atoms with Crippen molar-refractivity contribution in [2.75, 3.05) is 5.43 Å². The average molecular weight is 275 g/mol. The van der Waals surface area contributed by atoms with E-state index in [-0.39, 0.29) is 17.3 Å². The highest BCUT2D eigenvalue weighted by molar-refractivity contribution is 5.54. The van der Waals surface area contributed by atoms with Crippen molar-refractivity contribution in [3.8, 4) is 11.6 Å². The second-order valence-corrected chi connectivity index (χ2v) is 4.18. The molecule has 0 unspecified atom stereocenters. The zero-order valence-corrected chi connectivity index (χ0v) is 11.0. The molecule has 0 fully saturated rings. The van der Waals surface area contributed by atoms with Crippen molar-refractivity contribution >= 4 is 11.5 Å². The third kappa shape index (κ3) is 2.81. The van der Waals surface area contributed by atoms with Crippen LogP contribution in [0.2, 0.25) is 0 Å². The minimum atomic E-state index is -0.492. The number of nitrogens with one attached hydrogen (secondary N) is 1. The van der Waals surface area contributed by atoms with Gasteiger partial charge >= 0.3 is 5.69 Å². The summed E-state index contributed by atoms with van der Waals surface area (Å²) in [7, 11) is 0. The Balaban J connectivity index is 2.44. The third-order valence-electron chi connectivity index (χ3n) is 2.56. The lowest BCUT2D eigenvalue weighted by atomic mass is 10.1. The van der Waals surface area contributed by atoms with Crippen molar-refractivity contribution in [2.45, 2.75) is 13.8 Å². The summed E-state index contributed by atoms with van der Waals surface area (Å²) in [4.78, 5) is 18.5. The molecule has 8 heteroatoms. The molecule has 1 aromatic carbocycles. The summed E-state index contributed by atoms with van der Waals surface area (Å²) in [6.07, 6.45) is 2.76. The molecule has 0 saturated carbocycles. The van der Waals surface area contributed by atoms with E-state index in [0.717, 1.165) is 5.56 Å². The summed E-state index contributed by atoms with van der Waals surface area (Å²) in [5, 5.41) is 11.1. The van der Waals surface area contributed by atoms with E-state index >= 15 is 0 Å². The molecule has 2 aromatic rings. The van der Waals surface area contributed by atoms with Gasteiger partial charge in [-0.15, -0.1) is 0 Å². The van der Waals surface area contributed by atoms with Gasteiger partial charge < -0.3 is 10.2 Å². The molecule has 8 nitrogen and oxygen atoms in total. The highest BCUT2D eigenvalue weighted by Gasteiger charge is 2.19. The first-order valence-corrected chi connectivity index (χ1v) is 5.73. The maximum Gasteiger partial charge on any atom is 0.312 e. The first kappa shape index (κ1) is 13.7. The summed E-state index contributed by atoms with van der Waals surface area (Å²) in [6.45, 7) is 3.51. The number of rotatable bonds is 4. The molecule has 0 aliphatic carbocycles. The van der Waals surface area contributed by atoms with E-state index < -0.39 is 4.92 Å². The van der Waals surface area contributed by atoms with Gasteiger partial charge in [0.15, 0.2) is 5.82 Å². The number of nitro groups is 1. The van der Waals surface area contributed by atoms with Crippen LogP contribution >= 0.6 is 0 Å². The predicted octanol–water partition coefficient (Wildman–Crippen LogP) is 2.08. The molecule has 0 amide bonds. The van der Waals surface area contributed by atoms with E-state index in [9.17, 15) is 10.1 Å². The third-order valence-corrected chi connectivity index (χ3v) is 2.56. The fourth-order valence-electron chi connectivity index (χ4n) is 1.77. The molecule has 0 saturated heterocycles. The molecule has 0 aliphatic heterocycles. The standard InChI is InChI=1S/C12H13N5O3/c1-7-3-8(2)12(9(4-7)17(18)19)20-11-6-14-5-10(15-11)16-13/h3-6H,13H2,1-2H3,(H,15,16). The lowest BCUT2D eigenvalue weighted by Crippen LogP contribution is -2.09. The van der Waals surface area contributed by atoms with Gasteiger partial charge in [-0.25, -0.2) is 5.84 Å². The van der Waals surface area contributed by atoms with Crippen LogP contribution in [0, 0.1) is 24.0 Å². The molecule has 20 heavy (non-hydrogen) atoms. The number of hydrazine groups is 1. The first-order valence-electron chi connectivity index (χ1n) is 5.73. The molecule has 0 atom stereocenters. The maximum atomic E-state index is 11.1. The maximum absolute atomic E-state index is 11.1. The smallest absolute Gasteiger partial charge is 0.312 e. The van der Waals surface area contributed by atoms with Crippen molar-refractivity contribution in [3.63, 3.8) is 0 Å². The predicted molar refractivity (Wildman–Crippen MR) is 72.5 cm³/mol. The summed E-state index contributed by atoms with van der Waals surface area (Å²) in [5.41, 5.74) is 3.64. The molecule has 1 heterocycles. The van der Waals surface area contributed by atoms with E-state index in [1.54, 1.807) is 19.9 Å². The second-order valence-electron chi connectivity index (χ2n) is 4.18. The number of nitrogens with two attached hydrogens (primary N) is 1. The van der Waals surface area contributed by atoms with E-state index in [2.05, 4.69) is 15.4 Å². The SMILES string of the molecule is Cc1cc(C)c(Oc2cncc(NN)n2)c([N+](=O)[O-])c1. The average Bonchev–Trinajstić information content (AvgIpc) is 2.41. The molecule has 0 spiro atoms. The van der Waals surface area contributed by atoms with Crippen LogP contribution in [0.15, 0.2) is 24.5 Å². The van der Waals surface area contributed by atoms with E-state index in [4.69, 9.17) is 10.6 Å². The van der Waals surface area contributed by atoms with E-state index in [0.29, 0.717) is 11.4 Å². The minimum absolute atomic E-state index is 0.115. The number of anilines is 1. The molecule has 104 valence electrons. The number of hydrogen-bond acceptors (Lipinski definition) is 7. The quantitative estimate of drug-likeness (QED) is 0.498. The Morgan fingerprint density at radius 1 is 1.35 bits per heavy atom. The van der Waals surface area contributed by atoms with Crippen LogP contribution in [-0.4, -0.2) is 14.9 Å². The Morgan fingerprint density at radius 2 is 2.10 bits per heavy atom. The van der Waals surface area contributed by atoms with Gasteiger partial charge in [0.2, 0.25) is 11.6 Å². The monoisotopic (exact) mass is 275 g/mol. The number of nitrogen functional groups attached to an aromatic ring is 1. The number of benzene rings is 1. The van der Waals surface area contributed by atoms with Crippen LogP contribution in [-0.2, 0) is 0 Å². The van der Waals surface area contributed by atoms with Gasteiger partial charge in [-0.1, -0.05) is 6.07 Å². The largest absolute Gasteiger partial charge is 0.430 e. The van der Waals surface area contributed by atoms with Crippen molar-refractivity contribution in [2.24, 2.45) is 5.84 Å². The number of aromatic nitrogens is 2. The molecule has 3 N–H and O–H groups in total. The molecular formula is C12H13N5O3. The van der Waals surface area contributed by atoms with Gasteiger partial charge in [-0.05, 0) is 25.0 Å². The molecular weight excluding hydrogens is 262 g/mol. The van der Waals surface area contributed by atoms with Crippen LogP contribution in [0.1, 0.15) is 11.1 Å². The number of hydrogen-bond donors (Lipinski definition) is 2. The van der Waals surface area contributed by atoms with Crippen molar-refractivity contribution in [1.29, 1.82) is 0 Å². The molecule has 0 bridgehead atoms. The fraction of sp³-hybridized carbons (Fsp3) is 0.167. The lowest BCUT2D eigenvalue weighted by Gasteiger charge is -2.09. The number of ether oxygens (including phenoxy) is 1. The van der Waals surface area contributed by atoms with Crippen LogP contribution in [0.4, 0.5) is 11.5 Å². The Kier molecular flexibility index (Phi) is 3.76. The topological polar surface area (TPSA) is 116 Å².